The highest BCUT2D eigenvalue weighted by Gasteiger charge is 2.27. The van der Waals surface area contributed by atoms with Gasteiger partial charge in [0.2, 0.25) is 5.91 Å². The first kappa shape index (κ1) is 19.8. The number of aromatic nitrogens is 2. The maximum absolute atomic E-state index is 12.7. The van der Waals surface area contributed by atoms with Gasteiger partial charge in [-0.15, -0.1) is 0 Å². The number of hydrogen-bond donors (Lipinski definition) is 0. The molecule has 0 spiro atoms. The summed E-state index contributed by atoms with van der Waals surface area (Å²) in [7, 11) is 0. The molecule has 0 unspecified atom stereocenters. The van der Waals surface area contributed by atoms with E-state index in [0.717, 1.165) is 35.4 Å². The van der Waals surface area contributed by atoms with Crippen molar-refractivity contribution in [2.24, 2.45) is 0 Å². The van der Waals surface area contributed by atoms with Crippen LogP contribution in [0.2, 0.25) is 5.02 Å². The minimum atomic E-state index is 0.127. The minimum absolute atomic E-state index is 0.127. The summed E-state index contributed by atoms with van der Waals surface area (Å²) in [5, 5.41) is 0.675. The molecule has 1 aliphatic rings. The minimum Gasteiger partial charge on any atom is -0.441 e. The van der Waals surface area contributed by atoms with Crippen molar-refractivity contribution in [3.8, 4) is 11.3 Å². The number of likely N-dealkylation sites (tertiary alicyclic amines) is 1. The third-order valence-electron chi connectivity index (χ3n) is 5.74. The van der Waals surface area contributed by atoms with Gasteiger partial charge in [-0.05, 0) is 49.2 Å². The predicted molar refractivity (Wildman–Crippen MR) is 118 cm³/mol. The van der Waals surface area contributed by atoms with Crippen LogP contribution in [0.5, 0.6) is 0 Å². The number of oxazole rings is 2. The van der Waals surface area contributed by atoms with Crippen LogP contribution in [0.15, 0.2) is 63.6 Å². The van der Waals surface area contributed by atoms with Gasteiger partial charge in [0.1, 0.15) is 5.52 Å². The van der Waals surface area contributed by atoms with Crippen LogP contribution in [0.1, 0.15) is 37.0 Å². The Morgan fingerprint density at radius 2 is 1.84 bits per heavy atom. The molecule has 31 heavy (non-hydrogen) atoms. The molecule has 1 fully saturated rings. The molecule has 0 aliphatic carbocycles. The zero-order chi connectivity index (χ0) is 21.2. The number of aryl methyl sites for hydroxylation is 1. The van der Waals surface area contributed by atoms with E-state index in [9.17, 15) is 4.79 Å². The maximum Gasteiger partial charge on any atom is 0.223 e. The summed E-state index contributed by atoms with van der Waals surface area (Å²) in [6.45, 7) is 1.42. The standard InChI is InChI=1S/C24H22ClN3O3/c25-18-7-5-16(6-8-18)21-15-26-22(30-21)9-10-23(29)28-13-11-17(12-14-28)24-27-19-3-1-2-4-20(19)31-24/h1-8,15,17H,9-14H2. The largest absolute Gasteiger partial charge is 0.441 e. The molecule has 1 amide bonds. The lowest BCUT2D eigenvalue weighted by Crippen LogP contribution is -2.38. The highest BCUT2D eigenvalue weighted by atomic mass is 35.5. The van der Waals surface area contributed by atoms with E-state index in [1.807, 2.05) is 53.4 Å². The number of para-hydroxylation sites is 2. The monoisotopic (exact) mass is 435 g/mol. The zero-order valence-corrected chi connectivity index (χ0v) is 17.7. The van der Waals surface area contributed by atoms with E-state index in [4.69, 9.17) is 20.4 Å². The molecular weight excluding hydrogens is 414 g/mol. The van der Waals surface area contributed by atoms with Crippen molar-refractivity contribution in [3.05, 3.63) is 71.5 Å². The van der Waals surface area contributed by atoms with Crippen molar-refractivity contribution in [2.75, 3.05) is 13.1 Å². The lowest BCUT2D eigenvalue weighted by Gasteiger charge is -2.30. The third-order valence-corrected chi connectivity index (χ3v) is 5.99. The molecule has 1 saturated heterocycles. The van der Waals surface area contributed by atoms with E-state index >= 15 is 0 Å². The second-order valence-corrected chi connectivity index (χ2v) is 8.24. The van der Waals surface area contributed by atoms with Crippen LogP contribution in [0.4, 0.5) is 0 Å². The van der Waals surface area contributed by atoms with Crippen molar-refractivity contribution in [1.29, 1.82) is 0 Å². The van der Waals surface area contributed by atoms with Gasteiger partial charge < -0.3 is 13.7 Å². The first-order valence-corrected chi connectivity index (χ1v) is 10.9. The van der Waals surface area contributed by atoms with Gasteiger partial charge in [0.25, 0.3) is 0 Å². The summed E-state index contributed by atoms with van der Waals surface area (Å²) in [6, 6.07) is 15.2. The maximum atomic E-state index is 12.7. The number of fused-ring (bicyclic) bond motifs is 1. The number of amides is 1. The number of piperidine rings is 1. The highest BCUT2D eigenvalue weighted by molar-refractivity contribution is 6.30. The van der Waals surface area contributed by atoms with Crippen LogP contribution in [0.25, 0.3) is 22.4 Å². The molecule has 0 atom stereocenters. The number of nitrogens with zero attached hydrogens (tertiary/aromatic N) is 3. The Morgan fingerprint density at radius 3 is 2.61 bits per heavy atom. The van der Waals surface area contributed by atoms with Crippen LogP contribution < -0.4 is 0 Å². The molecule has 2 aromatic heterocycles. The Morgan fingerprint density at radius 1 is 1.06 bits per heavy atom. The molecule has 4 aromatic rings. The molecule has 1 aliphatic heterocycles. The molecule has 0 radical (unpaired) electrons. The molecular formula is C24H22ClN3O3. The second-order valence-electron chi connectivity index (χ2n) is 7.80. The lowest BCUT2D eigenvalue weighted by atomic mass is 9.96. The normalized spacial score (nSPS) is 14.9. The molecule has 158 valence electrons. The summed E-state index contributed by atoms with van der Waals surface area (Å²) in [6.07, 6.45) is 4.27. The van der Waals surface area contributed by atoms with E-state index in [1.165, 1.54) is 0 Å². The van der Waals surface area contributed by atoms with Crippen molar-refractivity contribution < 1.29 is 13.6 Å². The Bertz CT molecular complexity index is 1160. The van der Waals surface area contributed by atoms with Crippen LogP contribution >= 0.6 is 11.6 Å². The van der Waals surface area contributed by atoms with Gasteiger partial charge in [0.15, 0.2) is 23.1 Å². The van der Waals surface area contributed by atoms with Gasteiger partial charge in [-0.3, -0.25) is 4.79 Å². The van der Waals surface area contributed by atoms with Gasteiger partial charge in [0, 0.05) is 42.4 Å². The first-order chi connectivity index (χ1) is 15.2. The SMILES string of the molecule is O=C(CCc1ncc(-c2ccc(Cl)cc2)o1)N1CCC(c2nc3ccccc3o2)CC1. The summed E-state index contributed by atoms with van der Waals surface area (Å²) in [4.78, 5) is 23.5. The van der Waals surface area contributed by atoms with Crippen LogP contribution in [0.3, 0.4) is 0 Å². The van der Waals surface area contributed by atoms with Crippen LogP contribution in [-0.4, -0.2) is 33.9 Å². The fraction of sp³-hybridized carbons (Fsp3) is 0.292. The molecule has 0 saturated carbocycles. The van der Waals surface area contributed by atoms with Crippen LogP contribution in [-0.2, 0) is 11.2 Å². The van der Waals surface area contributed by atoms with Crippen molar-refractivity contribution in [3.63, 3.8) is 0 Å². The summed E-state index contributed by atoms with van der Waals surface area (Å²) >= 11 is 5.93. The Balaban J connectivity index is 1.14. The van der Waals surface area contributed by atoms with Gasteiger partial charge in [-0.25, -0.2) is 9.97 Å². The van der Waals surface area contributed by atoms with Crippen molar-refractivity contribution in [2.45, 2.75) is 31.6 Å². The van der Waals surface area contributed by atoms with E-state index in [2.05, 4.69) is 9.97 Å². The first-order valence-electron chi connectivity index (χ1n) is 10.5. The predicted octanol–water partition coefficient (Wildman–Crippen LogP) is 5.48. The van der Waals surface area contributed by atoms with Gasteiger partial charge in [0.05, 0.1) is 6.20 Å². The average molecular weight is 436 g/mol. The molecule has 2 aromatic carbocycles. The molecule has 0 N–H and O–H groups in total. The van der Waals surface area contributed by atoms with E-state index in [-0.39, 0.29) is 11.8 Å². The Hall–Kier alpha value is -3.12. The second kappa shape index (κ2) is 8.55. The summed E-state index contributed by atoms with van der Waals surface area (Å²) in [5.74, 6) is 2.41. The van der Waals surface area contributed by atoms with Gasteiger partial charge in [-0.1, -0.05) is 23.7 Å². The number of carbonyl (C=O) groups excluding carboxylic acids is 1. The van der Waals surface area contributed by atoms with Crippen molar-refractivity contribution in [1.82, 2.24) is 14.9 Å². The molecule has 0 bridgehead atoms. The average Bonchev–Trinajstić information content (AvgIpc) is 3.45. The molecule has 7 heteroatoms. The van der Waals surface area contributed by atoms with E-state index < -0.39 is 0 Å². The molecule has 3 heterocycles. The fourth-order valence-electron chi connectivity index (χ4n) is 3.99. The lowest BCUT2D eigenvalue weighted by molar-refractivity contribution is -0.132. The van der Waals surface area contributed by atoms with Crippen molar-refractivity contribution >= 4 is 28.6 Å². The molecule has 5 rings (SSSR count). The topological polar surface area (TPSA) is 72.4 Å². The zero-order valence-electron chi connectivity index (χ0n) is 17.0. The highest BCUT2D eigenvalue weighted by Crippen LogP contribution is 2.30. The number of halogens is 1. The number of rotatable bonds is 5. The Kier molecular flexibility index (Phi) is 5.47. The molecule has 6 nitrogen and oxygen atoms in total. The summed E-state index contributed by atoms with van der Waals surface area (Å²) in [5.41, 5.74) is 2.62. The van der Waals surface area contributed by atoms with Crippen LogP contribution in [0, 0.1) is 0 Å². The summed E-state index contributed by atoms with van der Waals surface area (Å²) < 4.78 is 11.7. The smallest absolute Gasteiger partial charge is 0.223 e. The quantitative estimate of drug-likeness (QED) is 0.415. The number of benzene rings is 2. The van der Waals surface area contributed by atoms with E-state index in [0.29, 0.717) is 42.6 Å². The van der Waals surface area contributed by atoms with Gasteiger partial charge in [-0.2, -0.15) is 0 Å². The number of hydrogen-bond acceptors (Lipinski definition) is 5. The van der Waals surface area contributed by atoms with E-state index in [1.54, 1.807) is 6.20 Å². The van der Waals surface area contributed by atoms with Gasteiger partial charge >= 0.3 is 0 Å². The third kappa shape index (κ3) is 4.35. The number of carbonyl (C=O) groups is 1. The Labute approximate surface area is 184 Å². The fourth-order valence-corrected chi connectivity index (χ4v) is 4.11.